The van der Waals surface area contributed by atoms with Crippen molar-refractivity contribution in [2.24, 2.45) is 0 Å². The van der Waals surface area contributed by atoms with Crippen molar-refractivity contribution in [2.45, 2.75) is 0 Å². The van der Waals surface area contributed by atoms with Gasteiger partial charge in [-0.2, -0.15) is 0 Å². The summed E-state index contributed by atoms with van der Waals surface area (Å²) < 4.78 is 4.83. The maximum atomic E-state index is 5.57. The van der Waals surface area contributed by atoms with Crippen LogP contribution in [0.25, 0.3) is 104 Å². The molecule has 0 aliphatic rings. The number of fused-ring (bicyclic) bond motifs is 6. The minimum atomic E-state index is 0.726. The molecular weight excluding hydrogens is 699 g/mol. The third-order valence-corrected chi connectivity index (χ3v) is 12.0. The third-order valence-electron chi connectivity index (χ3n) is 10.8. The van der Waals surface area contributed by atoms with Gasteiger partial charge in [-0.1, -0.05) is 158 Å². The van der Waals surface area contributed by atoms with E-state index in [2.05, 4.69) is 205 Å². The maximum absolute atomic E-state index is 5.57. The van der Waals surface area contributed by atoms with Crippen LogP contribution in [0.5, 0.6) is 0 Å². The van der Waals surface area contributed by atoms with Crippen molar-refractivity contribution in [3.63, 3.8) is 0 Å². The lowest BCUT2D eigenvalue weighted by atomic mass is 9.96. The second-order valence-corrected chi connectivity index (χ2v) is 15.2. The fourth-order valence-corrected chi connectivity index (χ4v) is 9.31. The Morgan fingerprint density at radius 3 is 1.70 bits per heavy atom. The van der Waals surface area contributed by atoms with Crippen LogP contribution in [0, 0.1) is 0 Å². The van der Waals surface area contributed by atoms with Gasteiger partial charge in [0.2, 0.25) is 0 Å². The zero-order valence-corrected chi connectivity index (χ0v) is 31.1. The monoisotopic (exact) mass is 731 g/mol. The van der Waals surface area contributed by atoms with Crippen molar-refractivity contribution in [2.75, 3.05) is 0 Å². The quantitative estimate of drug-likeness (QED) is 0.170. The minimum Gasteiger partial charge on any atom is -0.306 e. The Morgan fingerprint density at radius 2 is 0.929 bits per heavy atom. The molecular formula is C52H33N3S. The van der Waals surface area contributed by atoms with E-state index in [0.717, 1.165) is 61.4 Å². The Kier molecular flexibility index (Phi) is 7.68. The molecule has 0 unspecified atom stereocenters. The number of benzene rings is 8. The molecule has 0 spiro atoms. The topological polar surface area (TPSA) is 30.7 Å². The molecule has 0 fully saturated rings. The van der Waals surface area contributed by atoms with Crippen LogP contribution in [0.3, 0.4) is 0 Å². The van der Waals surface area contributed by atoms with Crippen LogP contribution < -0.4 is 0 Å². The minimum absolute atomic E-state index is 0.726. The van der Waals surface area contributed by atoms with Crippen LogP contribution in [0.1, 0.15) is 0 Å². The van der Waals surface area contributed by atoms with Gasteiger partial charge in [-0.3, -0.25) is 0 Å². The summed E-state index contributed by atoms with van der Waals surface area (Å²) in [5, 5.41) is 3.53. The predicted octanol–water partition coefficient (Wildman–Crippen LogP) is 14.3. The predicted molar refractivity (Wildman–Crippen MR) is 236 cm³/mol. The molecule has 3 nitrogen and oxygen atoms in total. The average molecular weight is 732 g/mol. The molecule has 0 saturated heterocycles. The van der Waals surface area contributed by atoms with Crippen molar-refractivity contribution in [3.05, 3.63) is 200 Å². The van der Waals surface area contributed by atoms with E-state index in [9.17, 15) is 0 Å². The molecule has 56 heavy (non-hydrogen) atoms. The fourth-order valence-electron chi connectivity index (χ4n) is 8.18. The summed E-state index contributed by atoms with van der Waals surface area (Å²) in [7, 11) is 0. The average Bonchev–Trinajstić information content (AvgIpc) is 3.83. The lowest BCUT2D eigenvalue weighted by molar-refractivity contribution is 1.15. The molecule has 0 radical (unpaired) electrons. The Morgan fingerprint density at radius 1 is 0.393 bits per heavy atom. The SMILES string of the molecule is c1ccc(-c2ccc(-c3cccc(-c4cccc(-c5nc(-c6cccc7sc8ccccc8c67)nc6c7ccccc7n(-c7ccccc7)c56)c4)c3)cc2)cc1. The van der Waals surface area contributed by atoms with E-state index in [-0.39, 0.29) is 0 Å². The fraction of sp³-hybridized carbons (Fsp3) is 0. The normalized spacial score (nSPS) is 11.6. The first-order valence-electron chi connectivity index (χ1n) is 18.9. The van der Waals surface area contributed by atoms with Gasteiger partial charge in [0.25, 0.3) is 0 Å². The van der Waals surface area contributed by atoms with E-state index < -0.39 is 0 Å². The smallest absolute Gasteiger partial charge is 0.161 e. The Hall–Kier alpha value is -7.14. The number of nitrogens with zero attached hydrogens (tertiary/aromatic N) is 3. The van der Waals surface area contributed by atoms with Crippen LogP contribution in [0.4, 0.5) is 0 Å². The van der Waals surface area contributed by atoms with Crippen LogP contribution in [0.2, 0.25) is 0 Å². The molecule has 0 saturated carbocycles. The Bertz CT molecular complexity index is 3230. The molecule has 0 N–H and O–H groups in total. The van der Waals surface area contributed by atoms with E-state index >= 15 is 0 Å². The van der Waals surface area contributed by atoms with Crippen LogP contribution in [0.15, 0.2) is 200 Å². The number of hydrogen-bond donors (Lipinski definition) is 0. The van der Waals surface area contributed by atoms with Gasteiger partial charge >= 0.3 is 0 Å². The largest absolute Gasteiger partial charge is 0.306 e. The third kappa shape index (κ3) is 5.42. The van der Waals surface area contributed by atoms with Crippen molar-refractivity contribution >= 4 is 53.4 Å². The summed E-state index contributed by atoms with van der Waals surface area (Å²) in [5.74, 6) is 0.726. The first-order chi connectivity index (χ1) is 27.8. The Labute approximate surface area is 328 Å². The van der Waals surface area contributed by atoms with Gasteiger partial charge in [-0.15, -0.1) is 11.3 Å². The van der Waals surface area contributed by atoms with Crippen LogP contribution in [-0.2, 0) is 0 Å². The highest BCUT2D eigenvalue weighted by Crippen LogP contribution is 2.43. The van der Waals surface area contributed by atoms with Gasteiger partial charge in [0, 0.05) is 42.4 Å². The van der Waals surface area contributed by atoms with Gasteiger partial charge in [0.05, 0.1) is 16.7 Å². The zero-order valence-electron chi connectivity index (χ0n) is 30.3. The molecule has 0 aliphatic heterocycles. The summed E-state index contributed by atoms with van der Waals surface area (Å²) in [5.41, 5.74) is 14.2. The van der Waals surface area contributed by atoms with Crippen molar-refractivity contribution < 1.29 is 0 Å². The molecule has 3 heterocycles. The Balaban J connectivity index is 1.11. The molecule has 11 rings (SSSR count). The molecule has 11 aromatic rings. The van der Waals surface area contributed by atoms with E-state index in [4.69, 9.17) is 9.97 Å². The zero-order chi connectivity index (χ0) is 37.0. The van der Waals surface area contributed by atoms with Gasteiger partial charge in [0.1, 0.15) is 5.52 Å². The molecule has 0 amide bonds. The van der Waals surface area contributed by atoms with E-state index in [1.54, 1.807) is 0 Å². The van der Waals surface area contributed by atoms with Crippen LogP contribution in [-0.4, -0.2) is 14.5 Å². The van der Waals surface area contributed by atoms with Crippen molar-refractivity contribution in [1.82, 2.24) is 14.5 Å². The summed E-state index contributed by atoms with van der Waals surface area (Å²) in [6, 6.07) is 71.4. The van der Waals surface area contributed by atoms with Gasteiger partial charge in [-0.05, 0) is 75.8 Å². The molecule has 3 aromatic heterocycles. The highest BCUT2D eigenvalue weighted by Gasteiger charge is 2.22. The number of para-hydroxylation sites is 2. The molecule has 0 aliphatic carbocycles. The molecule has 8 aromatic carbocycles. The number of thiophene rings is 1. The molecule has 0 bridgehead atoms. The van der Waals surface area contributed by atoms with Gasteiger partial charge < -0.3 is 4.57 Å². The number of rotatable bonds is 6. The molecule has 262 valence electrons. The summed E-state index contributed by atoms with van der Waals surface area (Å²) >= 11 is 1.82. The molecule has 4 heteroatoms. The molecule has 0 atom stereocenters. The highest BCUT2D eigenvalue weighted by molar-refractivity contribution is 7.25. The first-order valence-corrected chi connectivity index (χ1v) is 19.7. The maximum Gasteiger partial charge on any atom is 0.161 e. The van der Waals surface area contributed by atoms with E-state index in [0.29, 0.717) is 0 Å². The van der Waals surface area contributed by atoms with Crippen molar-refractivity contribution in [3.8, 4) is 61.7 Å². The van der Waals surface area contributed by atoms with Crippen molar-refractivity contribution in [1.29, 1.82) is 0 Å². The van der Waals surface area contributed by atoms with E-state index in [1.807, 2.05) is 11.3 Å². The van der Waals surface area contributed by atoms with E-state index in [1.165, 1.54) is 42.4 Å². The number of aromatic nitrogens is 3. The summed E-state index contributed by atoms with van der Waals surface area (Å²) in [4.78, 5) is 11.0. The van der Waals surface area contributed by atoms with Crippen LogP contribution >= 0.6 is 11.3 Å². The second-order valence-electron chi connectivity index (χ2n) is 14.2. The summed E-state index contributed by atoms with van der Waals surface area (Å²) in [6.45, 7) is 0. The van der Waals surface area contributed by atoms with Gasteiger partial charge in [-0.25, -0.2) is 9.97 Å². The van der Waals surface area contributed by atoms with Gasteiger partial charge in [0.15, 0.2) is 5.82 Å². The second kappa shape index (κ2) is 13.3. The summed E-state index contributed by atoms with van der Waals surface area (Å²) in [6.07, 6.45) is 0. The standard InChI is InChI=1S/C52H33N3S/c1-3-14-34(15-4-1)35-28-30-36(31-29-35)37-16-11-17-38(32-37)39-18-12-19-40(33-39)49-51-50(42-22-7-9-25-45(42)55(51)41-20-5-2-6-21-41)54-52(53-49)44-24-13-27-47-48(44)43-23-8-10-26-46(43)56-47/h1-33H. The lowest BCUT2D eigenvalue weighted by Gasteiger charge is -2.14. The number of hydrogen-bond acceptors (Lipinski definition) is 3. The lowest BCUT2D eigenvalue weighted by Crippen LogP contribution is -2.00. The highest BCUT2D eigenvalue weighted by atomic mass is 32.1. The first kappa shape index (κ1) is 32.3.